The summed E-state index contributed by atoms with van der Waals surface area (Å²) in [6, 6.07) is 22.8. The van der Waals surface area contributed by atoms with Crippen molar-refractivity contribution in [2.24, 2.45) is 5.10 Å². The standard InChI is InChI=1S/C24H18BrCl2N5OS/c1-15(17-7-12-20(26)21(27)13-17)28-29-22(33)14-34-24-31-30-23(16-5-3-2-4-6-16)32(24)19-10-8-18(25)9-11-19/h2-13H,14H2,1H3,(H,29,33)/b28-15-. The van der Waals surface area contributed by atoms with E-state index in [2.05, 4.69) is 36.7 Å². The zero-order chi connectivity index (χ0) is 24.1. The van der Waals surface area contributed by atoms with Crippen LogP contribution < -0.4 is 5.43 Å². The van der Waals surface area contributed by atoms with E-state index in [0.717, 1.165) is 21.3 Å². The minimum atomic E-state index is -0.268. The van der Waals surface area contributed by atoms with Crippen LogP contribution in [0.25, 0.3) is 17.1 Å². The van der Waals surface area contributed by atoms with Crippen LogP contribution in [0.5, 0.6) is 0 Å². The highest BCUT2D eigenvalue weighted by atomic mass is 79.9. The Morgan fingerprint density at radius 1 is 1.03 bits per heavy atom. The molecule has 1 aromatic heterocycles. The molecule has 0 saturated carbocycles. The maximum atomic E-state index is 12.5. The molecule has 0 spiro atoms. The fourth-order valence-electron chi connectivity index (χ4n) is 3.05. The number of halogens is 3. The van der Waals surface area contributed by atoms with E-state index in [-0.39, 0.29) is 11.7 Å². The van der Waals surface area contributed by atoms with Crippen molar-refractivity contribution in [3.05, 3.63) is 92.9 Å². The number of aromatic nitrogens is 3. The van der Waals surface area contributed by atoms with Gasteiger partial charge >= 0.3 is 0 Å². The molecule has 6 nitrogen and oxygen atoms in total. The summed E-state index contributed by atoms with van der Waals surface area (Å²) in [4.78, 5) is 12.5. The highest BCUT2D eigenvalue weighted by molar-refractivity contribution is 9.10. The van der Waals surface area contributed by atoms with Gasteiger partial charge in [-0.3, -0.25) is 9.36 Å². The van der Waals surface area contributed by atoms with Gasteiger partial charge in [0.05, 0.1) is 21.5 Å². The summed E-state index contributed by atoms with van der Waals surface area (Å²) in [6.07, 6.45) is 0. The third-order valence-electron chi connectivity index (χ3n) is 4.77. The highest BCUT2D eigenvalue weighted by Crippen LogP contribution is 2.28. The molecule has 0 aliphatic heterocycles. The largest absolute Gasteiger partial charge is 0.272 e. The number of hydrazone groups is 1. The van der Waals surface area contributed by atoms with E-state index in [9.17, 15) is 4.79 Å². The molecule has 0 bridgehead atoms. The van der Waals surface area contributed by atoms with Crippen molar-refractivity contribution in [1.29, 1.82) is 0 Å². The van der Waals surface area contributed by atoms with Gasteiger partial charge in [0.15, 0.2) is 11.0 Å². The zero-order valence-electron chi connectivity index (χ0n) is 17.9. The van der Waals surface area contributed by atoms with Crippen LogP contribution in [0.1, 0.15) is 12.5 Å². The van der Waals surface area contributed by atoms with Crippen molar-refractivity contribution in [3.63, 3.8) is 0 Å². The minimum absolute atomic E-state index is 0.113. The number of hydrogen-bond donors (Lipinski definition) is 1. The van der Waals surface area contributed by atoms with Gasteiger partial charge in [-0.2, -0.15) is 5.10 Å². The van der Waals surface area contributed by atoms with Crippen molar-refractivity contribution in [2.45, 2.75) is 12.1 Å². The van der Waals surface area contributed by atoms with Crippen LogP contribution in [-0.2, 0) is 4.79 Å². The molecule has 0 aliphatic rings. The predicted octanol–water partition coefficient (Wildman–Crippen LogP) is 6.64. The molecule has 34 heavy (non-hydrogen) atoms. The van der Waals surface area contributed by atoms with E-state index in [0.29, 0.717) is 26.7 Å². The predicted molar refractivity (Wildman–Crippen MR) is 142 cm³/mol. The molecule has 10 heteroatoms. The second kappa shape index (κ2) is 11.2. The van der Waals surface area contributed by atoms with Crippen LogP contribution in [0.2, 0.25) is 10.0 Å². The van der Waals surface area contributed by atoms with Gasteiger partial charge in [-0.25, -0.2) is 5.43 Å². The Kier molecular flexibility index (Phi) is 8.05. The molecule has 0 aliphatic carbocycles. The van der Waals surface area contributed by atoms with Crippen molar-refractivity contribution in [3.8, 4) is 17.1 Å². The normalized spacial score (nSPS) is 11.5. The van der Waals surface area contributed by atoms with Crippen molar-refractivity contribution < 1.29 is 4.79 Å². The summed E-state index contributed by atoms with van der Waals surface area (Å²) in [6.45, 7) is 1.78. The second-order valence-electron chi connectivity index (χ2n) is 7.13. The van der Waals surface area contributed by atoms with Crippen molar-refractivity contribution >= 4 is 62.5 Å². The van der Waals surface area contributed by atoms with Crippen LogP contribution in [0.4, 0.5) is 0 Å². The summed E-state index contributed by atoms with van der Waals surface area (Å²) in [5.41, 5.74) is 5.78. The molecule has 0 atom stereocenters. The van der Waals surface area contributed by atoms with Gasteiger partial charge in [0.1, 0.15) is 0 Å². The summed E-state index contributed by atoms with van der Waals surface area (Å²) >= 11 is 16.8. The van der Waals surface area contributed by atoms with Crippen LogP contribution in [0, 0.1) is 0 Å². The lowest BCUT2D eigenvalue weighted by atomic mass is 10.1. The Morgan fingerprint density at radius 2 is 1.76 bits per heavy atom. The number of hydrogen-bond acceptors (Lipinski definition) is 5. The number of thioether (sulfide) groups is 1. The number of amides is 1. The molecule has 1 heterocycles. The maximum Gasteiger partial charge on any atom is 0.250 e. The lowest BCUT2D eigenvalue weighted by Gasteiger charge is -2.10. The number of carbonyl (C=O) groups is 1. The van der Waals surface area contributed by atoms with Crippen LogP contribution in [0.3, 0.4) is 0 Å². The molecule has 4 aromatic rings. The molecular formula is C24H18BrCl2N5OS. The lowest BCUT2D eigenvalue weighted by Crippen LogP contribution is -2.21. The summed E-state index contributed by atoms with van der Waals surface area (Å²) in [5, 5.41) is 14.4. The van der Waals surface area contributed by atoms with E-state index >= 15 is 0 Å². The molecule has 0 saturated heterocycles. The van der Waals surface area contributed by atoms with E-state index in [1.165, 1.54) is 11.8 Å². The third-order valence-corrected chi connectivity index (χ3v) is 6.96. The molecule has 1 N–H and O–H groups in total. The molecule has 1 amide bonds. The molecule has 3 aromatic carbocycles. The van der Waals surface area contributed by atoms with Gasteiger partial charge in [0.25, 0.3) is 5.91 Å². The molecule has 0 radical (unpaired) electrons. The fraction of sp³-hybridized carbons (Fsp3) is 0.0833. The van der Waals surface area contributed by atoms with Crippen LogP contribution >= 0.6 is 50.9 Å². The Balaban J connectivity index is 1.51. The smallest absolute Gasteiger partial charge is 0.250 e. The number of rotatable bonds is 7. The molecule has 0 fully saturated rings. The molecule has 0 unspecified atom stereocenters. The lowest BCUT2D eigenvalue weighted by molar-refractivity contribution is -0.118. The van der Waals surface area contributed by atoms with E-state index in [4.69, 9.17) is 23.2 Å². The van der Waals surface area contributed by atoms with Gasteiger partial charge in [-0.1, -0.05) is 87.3 Å². The van der Waals surface area contributed by atoms with Gasteiger partial charge in [-0.05, 0) is 48.9 Å². The van der Waals surface area contributed by atoms with E-state index in [1.807, 2.05) is 59.2 Å². The van der Waals surface area contributed by atoms with Gasteiger partial charge < -0.3 is 0 Å². The molecular weight excluding hydrogens is 557 g/mol. The summed E-state index contributed by atoms with van der Waals surface area (Å²) in [5.74, 6) is 0.539. The first-order chi connectivity index (χ1) is 16.4. The average Bonchev–Trinajstić information content (AvgIpc) is 3.28. The van der Waals surface area contributed by atoms with Gasteiger partial charge in [-0.15, -0.1) is 10.2 Å². The second-order valence-corrected chi connectivity index (χ2v) is 9.81. The first kappa shape index (κ1) is 24.5. The Morgan fingerprint density at radius 3 is 2.47 bits per heavy atom. The molecule has 172 valence electrons. The minimum Gasteiger partial charge on any atom is -0.272 e. The number of benzene rings is 3. The number of carbonyl (C=O) groups excluding carboxylic acids is 1. The summed E-state index contributed by atoms with van der Waals surface area (Å²) < 4.78 is 2.90. The fourth-order valence-corrected chi connectivity index (χ4v) is 4.36. The molecule has 4 rings (SSSR count). The third kappa shape index (κ3) is 5.88. The van der Waals surface area contributed by atoms with Crippen LogP contribution in [0.15, 0.2) is 87.5 Å². The Labute approximate surface area is 219 Å². The quantitative estimate of drug-likeness (QED) is 0.153. The van der Waals surface area contributed by atoms with Crippen molar-refractivity contribution in [1.82, 2.24) is 20.2 Å². The monoisotopic (exact) mass is 573 g/mol. The highest BCUT2D eigenvalue weighted by Gasteiger charge is 2.17. The first-order valence-electron chi connectivity index (χ1n) is 10.1. The average molecular weight is 575 g/mol. The van der Waals surface area contributed by atoms with Gasteiger partial charge in [0, 0.05) is 15.7 Å². The van der Waals surface area contributed by atoms with E-state index in [1.54, 1.807) is 25.1 Å². The zero-order valence-corrected chi connectivity index (χ0v) is 21.8. The number of nitrogens with zero attached hydrogens (tertiary/aromatic N) is 4. The Hall–Kier alpha value is -2.65. The number of nitrogens with one attached hydrogen (secondary N) is 1. The SMILES string of the molecule is C/C(=N/NC(=O)CSc1nnc(-c2ccccc2)n1-c1ccc(Br)cc1)c1ccc(Cl)c(Cl)c1. The van der Waals surface area contributed by atoms with E-state index < -0.39 is 0 Å². The first-order valence-corrected chi connectivity index (χ1v) is 12.6. The Bertz CT molecular complexity index is 1340. The van der Waals surface area contributed by atoms with Gasteiger partial charge in [0.2, 0.25) is 0 Å². The van der Waals surface area contributed by atoms with Crippen LogP contribution in [-0.4, -0.2) is 32.1 Å². The summed E-state index contributed by atoms with van der Waals surface area (Å²) in [7, 11) is 0. The topological polar surface area (TPSA) is 72.2 Å². The maximum absolute atomic E-state index is 12.5. The van der Waals surface area contributed by atoms with Crippen molar-refractivity contribution in [2.75, 3.05) is 5.75 Å².